The summed E-state index contributed by atoms with van der Waals surface area (Å²) in [7, 11) is 0. The molecule has 1 nitrogen and oxygen atoms in total. The quantitative estimate of drug-likeness (QED) is 0.824. The van der Waals surface area contributed by atoms with Gasteiger partial charge in [-0.1, -0.05) is 59.7 Å². The van der Waals surface area contributed by atoms with Gasteiger partial charge in [-0.2, -0.15) is 0 Å². The molecule has 1 N–H and O–H groups in total. The van der Waals surface area contributed by atoms with E-state index in [1.54, 1.807) is 11.1 Å². The molecule has 0 bridgehead atoms. The van der Waals surface area contributed by atoms with Crippen molar-refractivity contribution >= 4 is 0 Å². The van der Waals surface area contributed by atoms with Gasteiger partial charge in [0.2, 0.25) is 0 Å². The Bertz CT molecular complexity index is 441. The second kappa shape index (κ2) is 5.28. The Balaban J connectivity index is 2.38. The molecule has 0 spiro atoms. The Kier molecular flexibility index (Phi) is 4.06. The van der Waals surface area contributed by atoms with Crippen molar-refractivity contribution in [1.29, 1.82) is 0 Å². The van der Waals surface area contributed by atoms with E-state index in [0.717, 1.165) is 6.54 Å². The van der Waals surface area contributed by atoms with Gasteiger partial charge in [-0.05, 0) is 46.9 Å². The topological polar surface area (TPSA) is 12.0 Å². The normalized spacial score (nSPS) is 26.5. The maximum atomic E-state index is 3.75. The van der Waals surface area contributed by atoms with Crippen molar-refractivity contribution in [3.63, 3.8) is 0 Å². The van der Waals surface area contributed by atoms with E-state index in [4.69, 9.17) is 0 Å². The summed E-state index contributed by atoms with van der Waals surface area (Å²) in [6.45, 7) is 15.0. The Morgan fingerprint density at radius 1 is 1.11 bits per heavy atom. The minimum absolute atomic E-state index is 0.236. The van der Waals surface area contributed by atoms with Crippen LogP contribution >= 0.6 is 0 Å². The molecule has 3 unspecified atom stereocenters. The fourth-order valence-corrected chi connectivity index (χ4v) is 3.18. The molecule has 0 aliphatic heterocycles. The lowest BCUT2D eigenvalue weighted by Gasteiger charge is -2.23. The van der Waals surface area contributed by atoms with Gasteiger partial charge in [0, 0.05) is 6.04 Å². The molecule has 1 heteroatoms. The van der Waals surface area contributed by atoms with Crippen LogP contribution in [0.15, 0.2) is 18.2 Å². The van der Waals surface area contributed by atoms with Gasteiger partial charge in [0.05, 0.1) is 0 Å². The Labute approximate surface area is 118 Å². The van der Waals surface area contributed by atoms with Crippen molar-refractivity contribution in [2.45, 2.75) is 65.3 Å². The van der Waals surface area contributed by atoms with Gasteiger partial charge in [-0.3, -0.25) is 0 Å². The molecule has 3 atom stereocenters. The van der Waals surface area contributed by atoms with E-state index in [9.17, 15) is 0 Å². The zero-order valence-electron chi connectivity index (χ0n) is 13.4. The summed E-state index contributed by atoms with van der Waals surface area (Å²) in [5, 5.41) is 3.75. The van der Waals surface area contributed by atoms with E-state index in [2.05, 4.69) is 65.1 Å². The van der Waals surface area contributed by atoms with Crippen LogP contribution in [-0.2, 0) is 5.41 Å². The van der Waals surface area contributed by atoms with Gasteiger partial charge in [-0.15, -0.1) is 0 Å². The summed E-state index contributed by atoms with van der Waals surface area (Å²) in [5.41, 5.74) is 4.78. The molecule has 0 fully saturated rings. The Morgan fingerprint density at radius 3 is 2.37 bits per heavy atom. The molecule has 1 aliphatic rings. The molecule has 2 rings (SSSR count). The summed E-state index contributed by atoms with van der Waals surface area (Å²) >= 11 is 0. The zero-order chi connectivity index (χ0) is 14.2. The zero-order valence-corrected chi connectivity index (χ0v) is 13.4. The van der Waals surface area contributed by atoms with Gasteiger partial charge < -0.3 is 5.32 Å². The smallest absolute Gasteiger partial charge is 0.0354 e. The SMILES string of the molecule is CCCNC1c2cc(C(C)(C)C)ccc2C(C)C1C. The standard InChI is InChI=1S/C18H29N/c1-7-10-19-17-13(3)12(2)15-9-8-14(11-16(15)17)18(4,5)6/h8-9,11-13,17,19H,7,10H2,1-6H3. The lowest BCUT2D eigenvalue weighted by molar-refractivity contribution is 0.380. The predicted molar refractivity (Wildman–Crippen MR) is 83.8 cm³/mol. The van der Waals surface area contributed by atoms with Crippen LogP contribution < -0.4 is 5.32 Å². The second-order valence-corrected chi connectivity index (χ2v) is 7.17. The Morgan fingerprint density at radius 2 is 1.79 bits per heavy atom. The molecule has 0 heterocycles. The number of hydrogen-bond acceptors (Lipinski definition) is 1. The summed E-state index contributed by atoms with van der Waals surface area (Å²) in [6.07, 6.45) is 1.20. The maximum Gasteiger partial charge on any atom is 0.0354 e. The van der Waals surface area contributed by atoms with E-state index >= 15 is 0 Å². The van der Waals surface area contributed by atoms with Gasteiger partial charge in [0.25, 0.3) is 0 Å². The number of rotatable bonds is 3. The summed E-state index contributed by atoms with van der Waals surface area (Å²) < 4.78 is 0. The largest absolute Gasteiger partial charge is 0.310 e. The van der Waals surface area contributed by atoms with Crippen LogP contribution in [0.3, 0.4) is 0 Å². The molecule has 0 radical (unpaired) electrons. The van der Waals surface area contributed by atoms with Crippen LogP contribution in [0, 0.1) is 5.92 Å². The average Bonchev–Trinajstić information content (AvgIpc) is 2.59. The van der Waals surface area contributed by atoms with Crippen LogP contribution in [0.5, 0.6) is 0 Å². The molecule has 19 heavy (non-hydrogen) atoms. The van der Waals surface area contributed by atoms with Crippen molar-refractivity contribution in [1.82, 2.24) is 5.32 Å². The molecular formula is C18H29N. The van der Waals surface area contributed by atoms with E-state index in [1.165, 1.54) is 12.0 Å². The molecule has 0 saturated carbocycles. The number of hydrogen-bond donors (Lipinski definition) is 1. The first-order valence-corrected chi connectivity index (χ1v) is 7.74. The lowest BCUT2D eigenvalue weighted by atomic mass is 9.85. The first-order valence-electron chi connectivity index (χ1n) is 7.74. The summed E-state index contributed by atoms with van der Waals surface area (Å²) in [4.78, 5) is 0. The minimum Gasteiger partial charge on any atom is -0.310 e. The van der Waals surface area contributed by atoms with Crippen LogP contribution in [0.2, 0.25) is 0 Å². The Hall–Kier alpha value is -0.820. The van der Waals surface area contributed by atoms with Gasteiger partial charge in [-0.25, -0.2) is 0 Å². The van der Waals surface area contributed by atoms with Crippen molar-refractivity contribution < 1.29 is 0 Å². The monoisotopic (exact) mass is 259 g/mol. The van der Waals surface area contributed by atoms with Crippen LogP contribution in [0.4, 0.5) is 0 Å². The third-order valence-corrected chi connectivity index (χ3v) is 4.71. The first kappa shape index (κ1) is 14.6. The average molecular weight is 259 g/mol. The molecule has 0 amide bonds. The van der Waals surface area contributed by atoms with Crippen molar-refractivity contribution in [3.05, 3.63) is 34.9 Å². The third-order valence-electron chi connectivity index (χ3n) is 4.71. The fraction of sp³-hybridized carbons (Fsp3) is 0.667. The van der Waals surface area contributed by atoms with Gasteiger partial charge in [0.1, 0.15) is 0 Å². The highest BCUT2D eigenvalue weighted by Crippen LogP contribution is 2.45. The fourth-order valence-electron chi connectivity index (χ4n) is 3.18. The predicted octanol–water partition coefficient (Wildman–Crippen LogP) is 4.78. The van der Waals surface area contributed by atoms with Crippen molar-refractivity contribution in [3.8, 4) is 0 Å². The lowest BCUT2D eigenvalue weighted by Crippen LogP contribution is -2.25. The summed E-state index contributed by atoms with van der Waals surface area (Å²) in [5.74, 6) is 1.36. The van der Waals surface area contributed by atoms with Crippen LogP contribution in [-0.4, -0.2) is 6.54 Å². The van der Waals surface area contributed by atoms with Gasteiger partial charge in [0.15, 0.2) is 0 Å². The molecule has 106 valence electrons. The van der Waals surface area contributed by atoms with Gasteiger partial charge >= 0.3 is 0 Å². The molecule has 1 aromatic carbocycles. The van der Waals surface area contributed by atoms with Crippen LogP contribution in [0.1, 0.15) is 76.6 Å². The molecule has 1 aromatic rings. The second-order valence-electron chi connectivity index (χ2n) is 7.17. The molecular weight excluding hydrogens is 230 g/mol. The van der Waals surface area contributed by atoms with E-state index < -0.39 is 0 Å². The van der Waals surface area contributed by atoms with Crippen molar-refractivity contribution in [2.75, 3.05) is 6.54 Å². The molecule has 0 saturated heterocycles. The number of fused-ring (bicyclic) bond motifs is 1. The highest BCUT2D eigenvalue weighted by Gasteiger charge is 2.35. The molecule has 1 aliphatic carbocycles. The number of nitrogens with one attached hydrogen (secondary N) is 1. The minimum atomic E-state index is 0.236. The van der Waals surface area contributed by atoms with E-state index in [-0.39, 0.29) is 5.41 Å². The highest BCUT2D eigenvalue weighted by atomic mass is 14.9. The first-order chi connectivity index (χ1) is 8.86. The van der Waals surface area contributed by atoms with Crippen molar-refractivity contribution in [2.24, 2.45) is 5.92 Å². The molecule has 0 aromatic heterocycles. The maximum absolute atomic E-state index is 3.75. The third kappa shape index (κ3) is 2.72. The highest BCUT2D eigenvalue weighted by molar-refractivity contribution is 5.43. The van der Waals surface area contributed by atoms with Crippen LogP contribution in [0.25, 0.3) is 0 Å². The number of benzene rings is 1. The van der Waals surface area contributed by atoms with E-state index in [1.807, 2.05) is 0 Å². The van der Waals surface area contributed by atoms with E-state index in [0.29, 0.717) is 17.9 Å². The summed E-state index contributed by atoms with van der Waals surface area (Å²) in [6, 6.07) is 7.67.